The van der Waals surface area contributed by atoms with Gasteiger partial charge in [0.2, 0.25) is 5.95 Å². The maximum atomic E-state index is 12.6. The van der Waals surface area contributed by atoms with Crippen molar-refractivity contribution in [1.82, 2.24) is 19.8 Å². The number of aromatic nitrogens is 2. The molecule has 0 saturated carbocycles. The van der Waals surface area contributed by atoms with Crippen molar-refractivity contribution in [3.05, 3.63) is 34.7 Å². The van der Waals surface area contributed by atoms with Crippen LogP contribution in [0.25, 0.3) is 0 Å². The van der Waals surface area contributed by atoms with Gasteiger partial charge >= 0.3 is 0 Å². The first-order valence-corrected chi connectivity index (χ1v) is 13.1. The second-order valence-corrected chi connectivity index (χ2v) is 10.2. The van der Waals surface area contributed by atoms with E-state index in [-0.39, 0.29) is 5.91 Å². The van der Waals surface area contributed by atoms with Crippen molar-refractivity contribution >= 4 is 29.0 Å². The van der Waals surface area contributed by atoms with Crippen molar-refractivity contribution in [2.45, 2.75) is 57.0 Å². The summed E-state index contributed by atoms with van der Waals surface area (Å²) in [4.78, 5) is 29.8. The van der Waals surface area contributed by atoms with E-state index in [0.717, 1.165) is 75.2 Å². The van der Waals surface area contributed by atoms with Gasteiger partial charge in [0, 0.05) is 57.5 Å². The first-order valence-electron chi connectivity index (χ1n) is 12.2. The maximum absolute atomic E-state index is 12.6. The first-order chi connectivity index (χ1) is 15.8. The molecule has 1 amide bonds. The number of anilines is 2. The van der Waals surface area contributed by atoms with Gasteiger partial charge in [-0.15, -0.1) is 11.3 Å². The minimum Gasteiger partial charge on any atom is -0.356 e. The van der Waals surface area contributed by atoms with E-state index in [1.165, 1.54) is 37.0 Å². The summed E-state index contributed by atoms with van der Waals surface area (Å²) in [5.74, 6) is 2.01. The number of hydrogen-bond acceptors (Lipinski definition) is 7. The van der Waals surface area contributed by atoms with Crippen LogP contribution in [0.5, 0.6) is 0 Å². The van der Waals surface area contributed by atoms with Gasteiger partial charge < -0.3 is 15.1 Å². The van der Waals surface area contributed by atoms with E-state index in [9.17, 15) is 4.79 Å². The molecule has 2 aromatic rings. The highest BCUT2D eigenvalue weighted by Crippen LogP contribution is 2.25. The molecule has 3 aliphatic rings. The van der Waals surface area contributed by atoms with E-state index in [2.05, 4.69) is 20.1 Å². The van der Waals surface area contributed by atoms with E-state index >= 15 is 0 Å². The minimum atomic E-state index is 0.195. The number of carbonyl (C=O) groups is 1. The van der Waals surface area contributed by atoms with Crippen LogP contribution >= 0.6 is 11.3 Å². The number of nitrogens with one attached hydrogen (secondary N) is 1. The normalized spacial score (nSPS) is 23.3. The lowest BCUT2D eigenvalue weighted by Crippen LogP contribution is -2.46. The standard InChI is InChI=1S/C24H34N6OS/c31-23(21-6-5-17-32-21)29-15-9-20(10-16-29)30-14-8-19(18-30)26-24-25-11-7-22(27-24)28-12-3-1-2-4-13-28/h5-7,11,17,19-20H,1-4,8-10,12-16,18H2,(H,25,26,27). The summed E-state index contributed by atoms with van der Waals surface area (Å²) in [6, 6.07) is 6.89. The molecule has 5 rings (SSSR count). The van der Waals surface area contributed by atoms with Crippen LogP contribution in [0, 0.1) is 0 Å². The third-order valence-corrected chi connectivity index (χ3v) is 7.98. The molecule has 2 aromatic heterocycles. The topological polar surface area (TPSA) is 64.6 Å². The van der Waals surface area contributed by atoms with Crippen LogP contribution in [0.1, 0.15) is 54.6 Å². The number of amides is 1. The zero-order valence-electron chi connectivity index (χ0n) is 18.8. The SMILES string of the molecule is O=C(c1cccs1)N1CCC(N2CCC(Nc3nccc(N4CCCCCC4)n3)C2)CC1. The lowest BCUT2D eigenvalue weighted by Gasteiger charge is -2.36. The molecule has 7 nitrogen and oxygen atoms in total. The summed E-state index contributed by atoms with van der Waals surface area (Å²) in [7, 11) is 0. The fourth-order valence-corrected chi connectivity index (χ4v) is 5.99. The molecule has 0 spiro atoms. The molecular weight excluding hydrogens is 420 g/mol. The Morgan fingerprint density at radius 1 is 1.00 bits per heavy atom. The van der Waals surface area contributed by atoms with E-state index in [0.29, 0.717) is 12.1 Å². The number of nitrogens with zero attached hydrogens (tertiary/aromatic N) is 5. The van der Waals surface area contributed by atoms with Gasteiger partial charge in [-0.2, -0.15) is 4.98 Å². The Kier molecular flexibility index (Phi) is 6.88. The van der Waals surface area contributed by atoms with Gasteiger partial charge in [0.15, 0.2) is 0 Å². The van der Waals surface area contributed by atoms with Gasteiger partial charge in [-0.25, -0.2) is 4.98 Å². The second kappa shape index (κ2) is 10.2. The molecule has 3 fully saturated rings. The molecule has 0 radical (unpaired) electrons. The number of rotatable bonds is 5. The van der Waals surface area contributed by atoms with Crippen molar-refractivity contribution < 1.29 is 4.79 Å². The van der Waals surface area contributed by atoms with Crippen molar-refractivity contribution in [2.24, 2.45) is 0 Å². The van der Waals surface area contributed by atoms with Crippen LogP contribution < -0.4 is 10.2 Å². The highest BCUT2D eigenvalue weighted by atomic mass is 32.1. The predicted molar refractivity (Wildman–Crippen MR) is 130 cm³/mol. The number of hydrogen-bond donors (Lipinski definition) is 1. The third-order valence-electron chi connectivity index (χ3n) is 7.12. The fraction of sp³-hybridized carbons (Fsp3) is 0.625. The van der Waals surface area contributed by atoms with Crippen molar-refractivity contribution in [3.8, 4) is 0 Å². The highest BCUT2D eigenvalue weighted by Gasteiger charge is 2.32. The van der Waals surface area contributed by atoms with Crippen LogP contribution in [-0.4, -0.2) is 77.0 Å². The number of carbonyl (C=O) groups excluding carboxylic acids is 1. The summed E-state index contributed by atoms with van der Waals surface area (Å²) in [5, 5.41) is 5.57. The molecule has 3 saturated heterocycles. The Labute approximate surface area is 194 Å². The van der Waals surface area contributed by atoms with Crippen LogP contribution in [0.2, 0.25) is 0 Å². The zero-order chi connectivity index (χ0) is 21.8. The van der Waals surface area contributed by atoms with Crippen LogP contribution in [0.4, 0.5) is 11.8 Å². The fourth-order valence-electron chi connectivity index (χ4n) is 5.30. The molecule has 1 N–H and O–H groups in total. The minimum absolute atomic E-state index is 0.195. The van der Waals surface area contributed by atoms with Crippen LogP contribution in [-0.2, 0) is 0 Å². The zero-order valence-corrected chi connectivity index (χ0v) is 19.6. The average Bonchev–Trinajstić information content (AvgIpc) is 3.46. The van der Waals surface area contributed by atoms with Gasteiger partial charge in [0.1, 0.15) is 5.82 Å². The second-order valence-electron chi connectivity index (χ2n) is 9.27. The first kappa shape index (κ1) is 21.6. The molecule has 172 valence electrons. The number of likely N-dealkylation sites (tertiary alicyclic amines) is 2. The average molecular weight is 455 g/mol. The van der Waals surface area contributed by atoms with Gasteiger partial charge in [-0.05, 0) is 49.6 Å². The summed E-state index contributed by atoms with van der Waals surface area (Å²) in [6.45, 7) is 6.05. The highest BCUT2D eigenvalue weighted by molar-refractivity contribution is 7.12. The van der Waals surface area contributed by atoms with Crippen molar-refractivity contribution in [1.29, 1.82) is 0 Å². The molecule has 5 heterocycles. The van der Waals surface area contributed by atoms with Gasteiger partial charge in [0.25, 0.3) is 5.91 Å². The quantitative estimate of drug-likeness (QED) is 0.743. The lowest BCUT2D eigenvalue weighted by molar-refractivity contribution is 0.0648. The number of piperidine rings is 1. The largest absolute Gasteiger partial charge is 0.356 e. The van der Waals surface area contributed by atoms with E-state index in [1.54, 1.807) is 0 Å². The molecule has 0 aromatic carbocycles. The molecule has 0 bridgehead atoms. The lowest BCUT2D eigenvalue weighted by atomic mass is 10.0. The van der Waals surface area contributed by atoms with E-state index in [1.807, 2.05) is 34.7 Å². The Hall–Kier alpha value is -2.19. The molecular formula is C24H34N6OS. The van der Waals surface area contributed by atoms with Crippen molar-refractivity contribution in [3.63, 3.8) is 0 Å². The maximum Gasteiger partial charge on any atom is 0.263 e. The van der Waals surface area contributed by atoms with Crippen LogP contribution in [0.3, 0.4) is 0 Å². The Morgan fingerprint density at radius 3 is 2.56 bits per heavy atom. The van der Waals surface area contributed by atoms with Gasteiger partial charge in [-0.3, -0.25) is 9.69 Å². The molecule has 1 atom stereocenters. The Morgan fingerprint density at radius 2 is 1.81 bits per heavy atom. The molecule has 1 unspecified atom stereocenters. The summed E-state index contributed by atoms with van der Waals surface area (Å²) < 4.78 is 0. The molecule has 32 heavy (non-hydrogen) atoms. The summed E-state index contributed by atoms with van der Waals surface area (Å²) in [6.07, 6.45) is 10.3. The molecule has 3 aliphatic heterocycles. The summed E-state index contributed by atoms with van der Waals surface area (Å²) in [5.41, 5.74) is 0. The van der Waals surface area contributed by atoms with Gasteiger partial charge in [0.05, 0.1) is 4.88 Å². The van der Waals surface area contributed by atoms with Crippen LogP contribution in [0.15, 0.2) is 29.8 Å². The predicted octanol–water partition coefficient (Wildman–Crippen LogP) is 3.71. The van der Waals surface area contributed by atoms with E-state index < -0.39 is 0 Å². The Balaban J connectivity index is 1.11. The monoisotopic (exact) mass is 454 g/mol. The van der Waals surface area contributed by atoms with Crippen molar-refractivity contribution in [2.75, 3.05) is 49.5 Å². The van der Waals surface area contributed by atoms with E-state index in [4.69, 9.17) is 4.98 Å². The summed E-state index contributed by atoms with van der Waals surface area (Å²) >= 11 is 1.54. The smallest absolute Gasteiger partial charge is 0.263 e. The molecule has 0 aliphatic carbocycles. The van der Waals surface area contributed by atoms with Gasteiger partial charge in [-0.1, -0.05) is 18.9 Å². The Bertz CT molecular complexity index is 874. The molecule has 8 heteroatoms. The third kappa shape index (κ3) is 5.07. The number of thiophene rings is 1.